The van der Waals surface area contributed by atoms with Crippen molar-refractivity contribution in [3.8, 4) is 0 Å². The number of halogens is 1. The van der Waals surface area contributed by atoms with Gasteiger partial charge in [0.05, 0.1) is 0 Å². The molecule has 0 aliphatic rings. The number of aryl methyl sites for hydroxylation is 1. The fourth-order valence-corrected chi connectivity index (χ4v) is 2.76. The normalized spacial score (nSPS) is 11.1. The van der Waals surface area contributed by atoms with E-state index >= 15 is 0 Å². The summed E-state index contributed by atoms with van der Waals surface area (Å²) >= 11 is 1.63. The van der Waals surface area contributed by atoms with Crippen LogP contribution in [0.3, 0.4) is 0 Å². The lowest BCUT2D eigenvalue weighted by molar-refractivity contribution is 0.638. The van der Waals surface area contributed by atoms with Gasteiger partial charge in [-0.3, -0.25) is 0 Å². The highest BCUT2D eigenvalue weighted by Crippen LogP contribution is 2.28. The Bertz CT molecular complexity index is 450. The molecule has 80 valence electrons. The van der Waals surface area contributed by atoms with Crippen LogP contribution in [-0.2, 0) is 6.42 Å². The summed E-state index contributed by atoms with van der Waals surface area (Å²) < 4.78 is 14.6. The Hall–Kier alpha value is -0.930. The van der Waals surface area contributed by atoms with Gasteiger partial charge >= 0.3 is 0 Å². The molecule has 1 aromatic carbocycles. The maximum atomic E-state index is 13.6. The van der Waals surface area contributed by atoms with Crippen LogP contribution in [-0.4, -0.2) is 13.6 Å². The molecule has 1 aromatic heterocycles. The van der Waals surface area contributed by atoms with Gasteiger partial charge in [0.1, 0.15) is 5.82 Å². The van der Waals surface area contributed by atoms with Crippen LogP contribution in [0.4, 0.5) is 4.39 Å². The van der Waals surface area contributed by atoms with E-state index in [1.54, 1.807) is 17.4 Å². The number of rotatable bonds is 4. The molecule has 0 radical (unpaired) electrons. The summed E-state index contributed by atoms with van der Waals surface area (Å²) in [6, 6.07) is 5.28. The number of hydrogen-bond acceptors (Lipinski definition) is 2. The predicted octanol–water partition coefficient (Wildman–Crippen LogP) is 3.19. The maximum absolute atomic E-state index is 13.6. The van der Waals surface area contributed by atoms with E-state index in [4.69, 9.17) is 0 Å². The van der Waals surface area contributed by atoms with E-state index in [-0.39, 0.29) is 5.82 Å². The van der Waals surface area contributed by atoms with Crippen LogP contribution >= 0.6 is 11.3 Å². The lowest BCUT2D eigenvalue weighted by atomic mass is 10.1. The summed E-state index contributed by atoms with van der Waals surface area (Å²) in [6.07, 6.45) is 2.00. The zero-order valence-electron chi connectivity index (χ0n) is 8.72. The lowest BCUT2D eigenvalue weighted by Gasteiger charge is -2.00. The minimum atomic E-state index is -0.0896. The third-order valence-electron chi connectivity index (χ3n) is 2.50. The highest BCUT2D eigenvalue weighted by molar-refractivity contribution is 7.17. The van der Waals surface area contributed by atoms with Gasteiger partial charge in [0.25, 0.3) is 0 Å². The largest absolute Gasteiger partial charge is 0.320 e. The molecule has 0 fully saturated rings. The van der Waals surface area contributed by atoms with E-state index < -0.39 is 0 Å². The van der Waals surface area contributed by atoms with Gasteiger partial charge in [-0.15, -0.1) is 11.3 Å². The number of nitrogens with one attached hydrogen (secondary N) is 1. The second-order valence-electron chi connectivity index (χ2n) is 3.58. The first-order chi connectivity index (χ1) is 7.33. The maximum Gasteiger partial charge on any atom is 0.132 e. The average molecular weight is 223 g/mol. The average Bonchev–Trinajstić information content (AvgIpc) is 2.63. The molecule has 0 atom stereocenters. The number of fused-ring (bicyclic) bond motifs is 1. The van der Waals surface area contributed by atoms with Gasteiger partial charge < -0.3 is 5.32 Å². The first-order valence-corrected chi connectivity index (χ1v) is 6.00. The van der Waals surface area contributed by atoms with Gasteiger partial charge in [-0.05, 0) is 49.5 Å². The van der Waals surface area contributed by atoms with Gasteiger partial charge in [0.2, 0.25) is 0 Å². The van der Waals surface area contributed by atoms with Crippen LogP contribution in [0, 0.1) is 5.82 Å². The molecule has 0 amide bonds. The van der Waals surface area contributed by atoms with E-state index in [1.807, 2.05) is 13.1 Å². The van der Waals surface area contributed by atoms with Crippen molar-refractivity contribution in [2.75, 3.05) is 13.6 Å². The van der Waals surface area contributed by atoms with Gasteiger partial charge in [-0.25, -0.2) is 4.39 Å². The molecule has 0 aliphatic heterocycles. The van der Waals surface area contributed by atoms with Crippen LogP contribution in [0.5, 0.6) is 0 Å². The topological polar surface area (TPSA) is 12.0 Å². The molecule has 2 rings (SSSR count). The number of thiophene rings is 1. The molecule has 2 aromatic rings. The van der Waals surface area contributed by atoms with Crippen LogP contribution in [0.25, 0.3) is 10.1 Å². The highest BCUT2D eigenvalue weighted by atomic mass is 32.1. The van der Waals surface area contributed by atoms with Crippen molar-refractivity contribution in [2.45, 2.75) is 12.8 Å². The molecule has 0 bridgehead atoms. The monoisotopic (exact) mass is 223 g/mol. The molecule has 0 saturated heterocycles. The molecule has 0 spiro atoms. The molecular formula is C12H14FNS. The van der Waals surface area contributed by atoms with Gasteiger partial charge in [-0.1, -0.05) is 6.07 Å². The Kier molecular flexibility index (Phi) is 3.34. The molecule has 3 heteroatoms. The standard InChI is InChI=1S/C12H14FNS/c1-14-7-3-4-9-8-15-11-6-2-5-10(13)12(9)11/h2,5-6,8,14H,3-4,7H2,1H3. The molecule has 1 heterocycles. The first kappa shape index (κ1) is 10.6. The number of hydrogen-bond donors (Lipinski definition) is 1. The lowest BCUT2D eigenvalue weighted by Crippen LogP contribution is -2.08. The van der Waals surface area contributed by atoms with Crippen molar-refractivity contribution >= 4 is 21.4 Å². The summed E-state index contributed by atoms with van der Waals surface area (Å²) in [7, 11) is 1.94. The Morgan fingerprint density at radius 3 is 3.07 bits per heavy atom. The summed E-state index contributed by atoms with van der Waals surface area (Å²) in [5.41, 5.74) is 1.14. The summed E-state index contributed by atoms with van der Waals surface area (Å²) in [6.45, 7) is 0.978. The molecule has 15 heavy (non-hydrogen) atoms. The van der Waals surface area contributed by atoms with E-state index in [9.17, 15) is 4.39 Å². The summed E-state index contributed by atoms with van der Waals surface area (Å²) in [4.78, 5) is 0. The van der Waals surface area contributed by atoms with Crippen molar-refractivity contribution < 1.29 is 4.39 Å². The quantitative estimate of drug-likeness (QED) is 0.785. The molecule has 0 aliphatic carbocycles. The zero-order chi connectivity index (χ0) is 10.7. The van der Waals surface area contributed by atoms with E-state index in [2.05, 4.69) is 10.7 Å². The number of benzene rings is 1. The Labute approximate surface area is 92.9 Å². The van der Waals surface area contributed by atoms with E-state index in [0.29, 0.717) is 0 Å². The molecule has 0 saturated carbocycles. The smallest absolute Gasteiger partial charge is 0.132 e. The van der Waals surface area contributed by atoms with Gasteiger partial charge in [0.15, 0.2) is 0 Å². The van der Waals surface area contributed by atoms with Crippen molar-refractivity contribution in [1.29, 1.82) is 0 Å². The zero-order valence-corrected chi connectivity index (χ0v) is 9.53. The second kappa shape index (κ2) is 4.73. The van der Waals surface area contributed by atoms with E-state index in [1.165, 1.54) is 6.07 Å². The van der Waals surface area contributed by atoms with Gasteiger partial charge in [0, 0.05) is 10.1 Å². The molecule has 1 N–H and O–H groups in total. The highest BCUT2D eigenvalue weighted by Gasteiger charge is 2.07. The Morgan fingerprint density at radius 2 is 2.27 bits per heavy atom. The summed E-state index contributed by atoms with van der Waals surface area (Å²) in [5.74, 6) is -0.0896. The van der Waals surface area contributed by atoms with E-state index in [0.717, 1.165) is 35.0 Å². The molecular weight excluding hydrogens is 209 g/mol. The predicted molar refractivity (Wildman–Crippen MR) is 64.0 cm³/mol. The van der Waals surface area contributed by atoms with Crippen LogP contribution in [0.2, 0.25) is 0 Å². The first-order valence-electron chi connectivity index (χ1n) is 5.12. The van der Waals surface area contributed by atoms with Crippen LogP contribution < -0.4 is 5.32 Å². The Balaban J connectivity index is 2.27. The Morgan fingerprint density at radius 1 is 1.40 bits per heavy atom. The second-order valence-corrected chi connectivity index (χ2v) is 4.49. The fraction of sp³-hybridized carbons (Fsp3) is 0.333. The van der Waals surface area contributed by atoms with Crippen molar-refractivity contribution in [1.82, 2.24) is 5.32 Å². The van der Waals surface area contributed by atoms with Crippen molar-refractivity contribution in [2.24, 2.45) is 0 Å². The minimum absolute atomic E-state index is 0.0896. The van der Waals surface area contributed by atoms with Crippen molar-refractivity contribution in [3.05, 3.63) is 35.0 Å². The van der Waals surface area contributed by atoms with Gasteiger partial charge in [-0.2, -0.15) is 0 Å². The molecule has 0 unspecified atom stereocenters. The minimum Gasteiger partial charge on any atom is -0.320 e. The fourth-order valence-electron chi connectivity index (χ4n) is 1.75. The summed E-state index contributed by atoms with van der Waals surface area (Å²) in [5, 5.41) is 5.99. The third-order valence-corrected chi connectivity index (χ3v) is 3.49. The third kappa shape index (κ3) is 2.19. The molecule has 1 nitrogen and oxygen atoms in total. The van der Waals surface area contributed by atoms with Crippen LogP contribution in [0.15, 0.2) is 23.6 Å². The van der Waals surface area contributed by atoms with Crippen molar-refractivity contribution in [3.63, 3.8) is 0 Å². The van der Waals surface area contributed by atoms with Crippen LogP contribution in [0.1, 0.15) is 12.0 Å². The SMILES string of the molecule is CNCCCc1csc2cccc(F)c12.